The lowest BCUT2D eigenvalue weighted by atomic mass is 9.94. The Morgan fingerprint density at radius 2 is 1.89 bits per heavy atom. The molecule has 0 spiro atoms. The number of hydrogen-bond donors (Lipinski definition) is 2. The highest BCUT2D eigenvalue weighted by Crippen LogP contribution is 2.21. The fourth-order valence-electron chi connectivity index (χ4n) is 2.76. The van der Waals surface area contributed by atoms with Crippen LogP contribution in [0.15, 0.2) is 24.3 Å². The van der Waals surface area contributed by atoms with Crippen LogP contribution in [0.3, 0.4) is 0 Å². The van der Waals surface area contributed by atoms with Crippen LogP contribution in [0.5, 0.6) is 0 Å². The minimum atomic E-state index is 0.670. The Hall–Kier alpha value is -1.02. The molecule has 1 fully saturated rings. The summed E-state index contributed by atoms with van der Waals surface area (Å²) in [6.45, 7) is 8.05. The maximum atomic E-state index is 3.56. The van der Waals surface area contributed by atoms with Gasteiger partial charge in [-0.25, -0.2) is 0 Å². The standard InChI is InChI=1S/C17H28N2/c1-3-14(2)16-4-6-17(7-5-16)19-13-10-15-8-11-18-12-9-15/h4-7,14-15,18-19H,3,8-13H2,1-2H3. The topological polar surface area (TPSA) is 24.1 Å². The van der Waals surface area contributed by atoms with E-state index in [2.05, 4.69) is 48.7 Å². The van der Waals surface area contributed by atoms with Gasteiger partial charge in [-0.15, -0.1) is 0 Å². The molecule has 1 aliphatic rings. The first-order valence-electron chi connectivity index (χ1n) is 7.84. The molecule has 2 nitrogen and oxygen atoms in total. The predicted octanol–water partition coefficient (Wildman–Crippen LogP) is 4.00. The van der Waals surface area contributed by atoms with Gasteiger partial charge in [0.2, 0.25) is 0 Å². The van der Waals surface area contributed by atoms with Crippen molar-refractivity contribution in [3.05, 3.63) is 29.8 Å². The van der Waals surface area contributed by atoms with Crippen LogP contribution in [0, 0.1) is 5.92 Å². The van der Waals surface area contributed by atoms with Crippen molar-refractivity contribution in [1.82, 2.24) is 5.32 Å². The number of rotatable bonds is 6. The maximum absolute atomic E-state index is 3.56. The molecule has 0 saturated carbocycles. The van der Waals surface area contributed by atoms with Gasteiger partial charge in [-0.3, -0.25) is 0 Å². The fraction of sp³-hybridized carbons (Fsp3) is 0.647. The van der Waals surface area contributed by atoms with E-state index in [1.807, 2.05) is 0 Å². The van der Waals surface area contributed by atoms with Crippen molar-refractivity contribution in [2.45, 2.75) is 45.4 Å². The molecule has 0 radical (unpaired) electrons. The molecule has 1 atom stereocenters. The average molecular weight is 260 g/mol. The quantitative estimate of drug-likeness (QED) is 0.808. The Bertz CT molecular complexity index is 352. The number of anilines is 1. The molecular weight excluding hydrogens is 232 g/mol. The van der Waals surface area contributed by atoms with Crippen molar-refractivity contribution in [2.24, 2.45) is 5.92 Å². The molecule has 2 rings (SSSR count). The fourth-order valence-corrected chi connectivity index (χ4v) is 2.76. The van der Waals surface area contributed by atoms with Crippen LogP contribution in [0.4, 0.5) is 5.69 Å². The Labute approximate surface area is 118 Å². The molecule has 0 amide bonds. The first-order chi connectivity index (χ1) is 9.29. The van der Waals surface area contributed by atoms with Gasteiger partial charge < -0.3 is 10.6 Å². The molecule has 0 aliphatic carbocycles. The third kappa shape index (κ3) is 4.54. The summed E-state index contributed by atoms with van der Waals surface area (Å²) >= 11 is 0. The molecular formula is C17H28N2. The molecule has 1 heterocycles. The Kier molecular flexibility index (Phi) is 5.71. The van der Waals surface area contributed by atoms with E-state index in [9.17, 15) is 0 Å². The molecule has 1 aliphatic heterocycles. The molecule has 1 saturated heterocycles. The normalized spacial score (nSPS) is 18.2. The Morgan fingerprint density at radius 3 is 2.53 bits per heavy atom. The van der Waals surface area contributed by atoms with Gasteiger partial charge in [-0.1, -0.05) is 26.0 Å². The van der Waals surface area contributed by atoms with Crippen LogP contribution in [0.1, 0.15) is 51.0 Å². The van der Waals surface area contributed by atoms with E-state index in [-0.39, 0.29) is 0 Å². The zero-order valence-electron chi connectivity index (χ0n) is 12.4. The Balaban J connectivity index is 1.73. The van der Waals surface area contributed by atoms with Gasteiger partial charge in [0.1, 0.15) is 0 Å². The molecule has 1 aromatic rings. The molecule has 2 heteroatoms. The summed E-state index contributed by atoms with van der Waals surface area (Å²) in [5.41, 5.74) is 2.72. The van der Waals surface area contributed by atoms with E-state index in [0.29, 0.717) is 5.92 Å². The highest BCUT2D eigenvalue weighted by molar-refractivity contribution is 5.45. The van der Waals surface area contributed by atoms with Crippen molar-refractivity contribution < 1.29 is 0 Å². The minimum Gasteiger partial charge on any atom is -0.385 e. The van der Waals surface area contributed by atoms with Crippen LogP contribution in [-0.2, 0) is 0 Å². The van der Waals surface area contributed by atoms with E-state index in [4.69, 9.17) is 0 Å². The number of hydrogen-bond acceptors (Lipinski definition) is 2. The summed E-state index contributed by atoms with van der Waals surface area (Å²) in [6, 6.07) is 8.98. The molecule has 106 valence electrons. The molecule has 0 bridgehead atoms. The van der Waals surface area contributed by atoms with Crippen LogP contribution < -0.4 is 10.6 Å². The van der Waals surface area contributed by atoms with Crippen molar-refractivity contribution in [2.75, 3.05) is 25.0 Å². The molecule has 2 N–H and O–H groups in total. The van der Waals surface area contributed by atoms with E-state index < -0.39 is 0 Å². The van der Waals surface area contributed by atoms with Crippen LogP contribution in [-0.4, -0.2) is 19.6 Å². The molecule has 19 heavy (non-hydrogen) atoms. The predicted molar refractivity (Wildman–Crippen MR) is 83.8 cm³/mol. The number of piperidine rings is 1. The summed E-state index contributed by atoms with van der Waals surface area (Å²) in [4.78, 5) is 0. The second-order valence-corrected chi connectivity index (χ2v) is 5.84. The zero-order valence-corrected chi connectivity index (χ0v) is 12.4. The number of benzene rings is 1. The summed E-state index contributed by atoms with van der Waals surface area (Å²) in [6.07, 6.45) is 5.19. The molecule has 1 unspecified atom stereocenters. The smallest absolute Gasteiger partial charge is 0.0340 e. The van der Waals surface area contributed by atoms with Gasteiger partial charge in [0.15, 0.2) is 0 Å². The second-order valence-electron chi connectivity index (χ2n) is 5.84. The lowest BCUT2D eigenvalue weighted by Gasteiger charge is -2.22. The highest BCUT2D eigenvalue weighted by atomic mass is 14.9. The van der Waals surface area contributed by atoms with Gasteiger partial charge in [0.25, 0.3) is 0 Å². The first-order valence-corrected chi connectivity index (χ1v) is 7.84. The average Bonchev–Trinajstić information content (AvgIpc) is 2.48. The van der Waals surface area contributed by atoms with Gasteiger partial charge in [0.05, 0.1) is 0 Å². The van der Waals surface area contributed by atoms with Crippen LogP contribution in [0.25, 0.3) is 0 Å². The van der Waals surface area contributed by atoms with E-state index in [0.717, 1.165) is 12.5 Å². The Morgan fingerprint density at radius 1 is 1.21 bits per heavy atom. The molecule has 1 aromatic carbocycles. The van der Waals surface area contributed by atoms with E-state index in [1.54, 1.807) is 0 Å². The minimum absolute atomic E-state index is 0.670. The summed E-state index contributed by atoms with van der Waals surface area (Å²) in [5, 5.41) is 6.98. The lowest BCUT2D eigenvalue weighted by Crippen LogP contribution is -2.28. The monoisotopic (exact) mass is 260 g/mol. The van der Waals surface area contributed by atoms with E-state index >= 15 is 0 Å². The van der Waals surface area contributed by atoms with Crippen molar-refractivity contribution >= 4 is 5.69 Å². The van der Waals surface area contributed by atoms with Crippen LogP contribution >= 0.6 is 0 Å². The lowest BCUT2D eigenvalue weighted by molar-refractivity contribution is 0.361. The van der Waals surface area contributed by atoms with Crippen LogP contribution in [0.2, 0.25) is 0 Å². The third-order valence-electron chi connectivity index (χ3n) is 4.43. The van der Waals surface area contributed by atoms with Gasteiger partial charge in [-0.2, -0.15) is 0 Å². The van der Waals surface area contributed by atoms with Gasteiger partial charge >= 0.3 is 0 Å². The van der Waals surface area contributed by atoms with Crippen molar-refractivity contribution in [1.29, 1.82) is 0 Å². The third-order valence-corrected chi connectivity index (χ3v) is 4.43. The molecule has 0 aromatic heterocycles. The zero-order chi connectivity index (χ0) is 13.5. The highest BCUT2D eigenvalue weighted by Gasteiger charge is 2.12. The van der Waals surface area contributed by atoms with E-state index in [1.165, 1.54) is 50.0 Å². The largest absolute Gasteiger partial charge is 0.385 e. The SMILES string of the molecule is CCC(C)c1ccc(NCCC2CCNCC2)cc1. The summed E-state index contributed by atoms with van der Waals surface area (Å²) < 4.78 is 0. The van der Waals surface area contributed by atoms with Gasteiger partial charge in [0, 0.05) is 12.2 Å². The second kappa shape index (κ2) is 7.54. The first kappa shape index (κ1) is 14.4. The maximum Gasteiger partial charge on any atom is 0.0340 e. The summed E-state index contributed by atoms with van der Waals surface area (Å²) in [7, 11) is 0. The number of nitrogens with one attached hydrogen (secondary N) is 2. The summed E-state index contributed by atoms with van der Waals surface area (Å²) in [5.74, 6) is 1.58. The van der Waals surface area contributed by atoms with Crippen molar-refractivity contribution in [3.8, 4) is 0 Å². The van der Waals surface area contributed by atoms with Gasteiger partial charge in [-0.05, 0) is 68.3 Å². The van der Waals surface area contributed by atoms with Crippen molar-refractivity contribution in [3.63, 3.8) is 0 Å².